The topological polar surface area (TPSA) is 71.1 Å². The van der Waals surface area contributed by atoms with E-state index in [-0.39, 0.29) is 6.61 Å². The van der Waals surface area contributed by atoms with Gasteiger partial charge in [-0.25, -0.2) is 4.39 Å². The van der Waals surface area contributed by atoms with Crippen molar-refractivity contribution in [3.05, 3.63) is 35.9 Å². The van der Waals surface area contributed by atoms with E-state index in [4.69, 9.17) is 14.2 Å². The smallest absolute Gasteiger partial charge is 0.370 e. The first kappa shape index (κ1) is 18.5. The largest absolute Gasteiger partial charge is 0.523 e. The van der Waals surface area contributed by atoms with Gasteiger partial charge in [0, 0.05) is 5.56 Å². The maximum atomic E-state index is 14.6. The third-order valence-electron chi connectivity index (χ3n) is 3.81. The fourth-order valence-corrected chi connectivity index (χ4v) is 3.17. The fourth-order valence-electron chi connectivity index (χ4n) is 2.57. The van der Waals surface area contributed by atoms with Crippen LogP contribution in [-0.4, -0.2) is 51.6 Å². The summed E-state index contributed by atoms with van der Waals surface area (Å²) in [5, 5.41) is 0. The Morgan fingerprint density at radius 2 is 1.76 bits per heavy atom. The summed E-state index contributed by atoms with van der Waals surface area (Å²) >= 11 is 0. The van der Waals surface area contributed by atoms with Crippen molar-refractivity contribution in [2.75, 3.05) is 13.2 Å². The number of hydrogen-bond donors (Lipinski definition) is 0. The van der Waals surface area contributed by atoms with Crippen LogP contribution < -0.4 is 0 Å². The Kier molecular flexibility index (Phi) is 5.04. The molecule has 0 radical (unpaired) electrons. The zero-order valence-corrected chi connectivity index (χ0v) is 13.4. The van der Waals surface area contributed by atoms with E-state index in [0.717, 1.165) is 0 Å². The monoisotopic (exact) mass is 386 g/mol. The molecule has 2 saturated heterocycles. The molecule has 0 bridgehead atoms. The average molecular weight is 386 g/mol. The molecule has 140 valence electrons. The van der Waals surface area contributed by atoms with Crippen LogP contribution in [0.1, 0.15) is 11.9 Å². The third kappa shape index (κ3) is 3.80. The lowest BCUT2D eigenvalue weighted by atomic mass is 10.0. The van der Waals surface area contributed by atoms with Crippen LogP contribution >= 0.6 is 0 Å². The summed E-state index contributed by atoms with van der Waals surface area (Å²) in [7, 11) is -5.94. The Bertz CT molecular complexity index is 695. The molecule has 0 aromatic heterocycles. The Labute approximate surface area is 140 Å². The Morgan fingerprint density at radius 3 is 2.40 bits per heavy atom. The first-order chi connectivity index (χ1) is 11.7. The van der Waals surface area contributed by atoms with Crippen molar-refractivity contribution >= 4 is 10.1 Å². The van der Waals surface area contributed by atoms with Crippen LogP contribution in [0.3, 0.4) is 0 Å². The minimum Gasteiger partial charge on any atom is -0.370 e. The van der Waals surface area contributed by atoms with E-state index >= 15 is 0 Å². The van der Waals surface area contributed by atoms with Crippen LogP contribution in [-0.2, 0) is 28.5 Å². The molecular formula is C14H14F4O6S. The van der Waals surface area contributed by atoms with Crippen LogP contribution in [0, 0.1) is 0 Å². The molecule has 0 amide bonds. The second kappa shape index (κ2) is 6.80. The zero-order valence-electron chi connectivity index (χ0n) is 12.6. The lowest BCUT2D eigenvalue weighted by molar-refractivity contribution is -0.303. The second-order valence-corrected chi connectivity index (χ2v) is 7.09. The highest BCUT2D eigenvalue weighted by atomic mass is 32.2. The molecule has 5 unspecified atom stereocenters. The van der Waals surface area contributed by atoms with Crippen LogP contribution in [0.5, 0.6) is 0 Å². The summed E-state index contributed by atoms with van der Waals surface area (Å²) in [6.07, 6.45) is -7.22. The Hall–Kier alpha value is -1.27. The van der Waals surface area contributed by atoms with Gasteiger partial charge in [-0.2, -0.15) is 21.6 Å². The molecule has 5 atom stereocenters. The molecule has 2 fully saturated rings. The van der Waals surface area contributed by atoms with Crippen molar-refractivity contribution < 1.29 is 44.4 Å². The quantitative estimate of drug-likeness (QED) is 0.450. The van der Waals surface area contributed by atoms with Crippen LogP contribution in [0.25, 0.3) is 0 Å². The fraction of sp³-hybridized carbons (Fsp3) is 0.571. The maximum absolute atomic E-state index is 14.6. The summed E-state index contributed by atoms with van der Waals surface area (Å²) in [5.74, 6) is 0. The SMILES string of the molecule is O=S(=O)(OC1COC2COC(c3ccccc3)OC2C1F)C(F)(F)F. The van der Waals surface area contributed by atoms with Gasteiger partial charge in [0.15, 0.2) is 12.5 Å². The molecular weight excluding hydrogens is 372 g/mol. The molecule has 0 aliphatic carbocycles. The molecule has 3 rings (SSSR count). The molecule has 2 heterocycles. The summed E-state index contributed by atoms with van der Waals surface area (Å²) in [4.78, 5) is 0. The number of rotatable bonds is 3. The van der Waals surface area contributed by atoms with E-state index in [2.05, 4.69) is 4.18 Å². The van der Waals surface area contributed by atoms with Gasteiger partial charge < -0.3 is 14.2 Å². The number of fused-ring (bicyclic) bond motifs is 1. The van der Waals surface area contributed by atoms with E-state index in [1.54, 1.807) is 30.3 Å². The lowest BCUT2D eigenvalue weighted by Gasteiger charge is -2.43. The number of benzene rings is 1. The highest BCUT2D eigenvalue weighted by molar-refractivity contribution is 7.87. The highest BCUT2D eigenvalue weighted by Gasteiger charge is 2.53. The van der Waals surface area contributed by atoms with Crippen molar-refractivity contribution in [2.24, 2.45) is 0 Å². The molecule has 1 aromatic rings. The zero-order chi connectivity index (χ0) is 18.2. The van der Waals surface area contributed by atoms with E-state index in [0.29, 0.717) is 5.56 Å². The maximum Gasteiger partial charge on any atom is 0.523 e. The van der Waals surface area contributed by atoms with Gasteiger partial charge in [-0.3, -0.25) is 4.18 Å². The molecule has 0 spiro atoms. The highest BCUT2D eigenvalue weighted by Crippen LogP contribution is 2.35. The van der Waals surface area contributed by atoms with Gasteiger partial charge in [0.25, 0.3) is 0 Å². The van der Waals surface area contributed by atoms with E-state index in [9.17, 15) is 26.0 Å². The van der Waals surface area contributed by atoms with Crippen molar-refractivity contribution in [3.63, 3.8) is 0 Å². The van der Waals surface area contributed by atoms with Gasteiger partial charge in [0.1, 0.15) is 18.3 Å². The van der Waals surface area contributed by atoms with Gasteiger partial charge in [0.2, 0.25) is 0 Å². The predicted molar refractivity (Wildman–Crippen MR) is 74.5 cm³/mol. The van der Waals surface area contributed by atoms with E-state index < -0.39 is 53.0 Å². The molecule has 0 N–H and O–H groups in total. The number of halogens is 4. The molecule has 0 saturated carbocycles. The predicted octanol–water partition coefficient (Wildman–Crippen LogP) is 2.07. The first-order valence-electron chi connectivity index (χ1n) is 7.26. The summed E-state index contributed by atoms with van der Waals surface area (Å²) < 4.78 is 93.9. The summed E-state index contributed by atoms with van der Waals surface area (Å²) in [6, 6.07) is 8.51. The van der Waals surface area contributed by atoms with Gasteiger partial charge in [-0.1, -0.05) is 30.3 Å². The average Bonchev–Trinajstić information content (AvgIpc) is 2.57. The molecule has 25 heavy (non-hydrogen) atoms. The lowest BCUT2D eigenvalue weighted by Crippen LogP contribution is -2.57. The van der Waals surface area contributed by atoms with Gasteiger partial charge in [-0.15, -0.1) is 0 Å². The molecule has 2 aliphatic heterocycles. The number of alkyl halides is 4. The van der Waals surface area contributed by atoms with Crippen LogP contribution in [0.15, 0.2) is 30.3 Å². The normalized spacial score (nSPS) is 33.7. The third-order valence-corrected chi connectivity index (χ3v) is 4.88. The molecule has 6 nitrogen and oxygen atoms in total. The molecule has 11 heteroatoms. The van der Waals surface area contributed by atoms with E-state index in [1.807, 2.05) is 0 Å². The summed E-state index contributed by atoms with van der Waals surface area (Å²) in [5.41, 5.74) is -5.06. The van der Waals surface area contributed by atoms with Crippen molar-refractivity contribution in [1.29, 1.82) is 0 Å². The van der Waals surface area contributed by atoms with Crippen molar-refractivity contribution in [3.8, 4) is 0 Å². The van der Waals surface area contributed by atoms with Crippen LogP contribution in [0.2, 0.25) is 0 Å². The second-order valence-electron chi connectivity index (χ2n) is 5.53. The number of ether oxygens (including phenoxy) is 3. The minimum absolute atomic E-state index is 0.0522. The van der Waals surface area contributed by atoms with Crippen molar-refractivity contribution in [1.82, 2.24) is 0 Å². The van der Waals surface area contributed by atoms with Gasteiger partial charge >= 0.3 is 15.6 Å². The standard InChI is InChI=1S/C14H14F4O6S/c15-11-9(24-25(19,20)14(16,17)18)6-21-10-7-22-13(23-12(10)11)8-4-2-1-3-5-8/h1-5,9-13H,6-7H2. The van der Waals surface area contributed by atoms with Crippen molar-refractivity contribution in [2.45, 2.75) is 36.3 Å². The van der Waals surface area contributed by atoms with Gasteiger partial charge in [0.05, 0.1) is 13.2 Å². The number of hydrogen-bond acceptors (Lipinski definition) is 6. The molecule has 2 aliphatic rings. The van der Waals surface area contributed by atoms with Crippen LogP contribution in [0.4, 0.5) is 17.6 Å². The Morgan fingerprint density at radius 1 is 1.08 bits per heavy atom. The van der Waals surface area contributed by atoms with Gasteiger partial charge in [-0.05, 0) is 0 Å². The minimum atomic E-state index is -5.94. The Balaban J connectivity index is 1.72. The summed E-state index contributed by atoms with van der Waals surface area (Å²) in [6.45, 7) is -0.718. The first-order valence-corrected chi connectivity index (χ1v) is 8.67. The van der Waals surface area contributed by atoms with E-state index in [1.165, 1.54) is 0 Å². The molecule has 1 aromatic carbocycles.